The molecule has 0 aliphatic heterocycles. The van der Waals surface area contributed by atoms with Crippen LogP contribution in [0.15, 0.2) is 11.4 Å². The van der Waals surface area contributed by atoms with Crippen LogP contribution in [0.2, 0.25) is 0 Å². The van der Waals surface area contributed by atoms with Crippen molar-refractivity contribution >= 4 is 39.3 Å². The number of rotatable bonds is 5. The Labute approximate surface area is 145 Å². The monoisotopic (exact) mass is 350 g/mol. The van der Waals surface area contributed by atoms with Crippen molar-refractivity contribution in [2.75, 3.05) is 6.61 Å². The maximum atomic E-state index is 12.1. The molecule has 0 bridgehead atoms. The molecule has 1 aliphatic carbocycles. The second-order valence-electron chi connectivity index (χ2n) is 5.98. The summed E-state index contributed by atoms with van der Waals surface area (Å²) < 4.78 is 5.19. The van der Waals surface area contributed by atoms with E-state index in [4.69, 9.17) is 4.74 Å². The predicted octanol–water partition coefficient (Wildman–Crippen LogP) is 4.25. The van der Waals surface area contributed by atoms with E-state index in [1.807, 2.05) is 13.8 Å². The van der Waals surface area contributed by atoms with Crippen molar-refractivity contribution in [3.05, 3.63) is 16.8 Å². The van der Waals surface area contributed by atoms with Gasteiger partial charge in [0.2, 0.25) is 0 Å². The molecule has 0 unspecified atom stereocenters. The lowest BCUT2D eigenvalue weighted by Crippen LogP contribution is -2.19. The quantitative estimate of drug-likeness (QED) is 0.458. The third-order valence-corrected chi connectivity index (χ3v) is 6.74. The van der Waals surface area contributed by atoms with Gasteiger partial charge >= 0.3 is 5.97 Å². The molecule has 3 rings (SSSR count). The second kappa shape index (κ2) is 7.18. The Kier molecular flexibility index (Phi) is 5.21. The van der Waals surface area contributed by atoms with E-state index in [-0.39, 0.29) is 11.2 Å². The molecule has 0 amide bonds. The number of hydrogen-bond donors (Lipinski definition) is 0. The highest BCUT2D eigenvalue weighted by Crippen LogP contribution is 2.41. The van der Waals surface area contributed by atoms with Gasteiger partial charge in [-0.05, 0) is 44.1 Å². The van der Waals surface area contributed by atoms with E-state index < -0.39 is 0 Å². The van der Waals surface area contributed by atoms with Crippen LogP contribution < -0.4 is 0 Å². The molecule has 0 aromatic carbocycles. The SMILES string of the molecule is CCOC(=O)[C@@H](CC)Sc1ncnc2sc3c(c12)CC[C@H](C)C3. The number of aryl methyl sites for hydroxylation is 1. The third-order valence-electron chi connectivity index (χ3n) is 4.23. The summed E-state index contributed by atoms with van der Waals surface area (Å²) >= 11 is 3.32. The lowest BCUT2D eigenvalue weighted by Gasteiger charge is -2.18. The number of aromatic nitrogens is 2. The first-order chi connectivity index (χ1) is 11.1. The van der Waals surface area contributed by atoms with E-state index in [2.05, 4.69) is 16.9 Å². The van der Waals surface area contributed by atoms with E-state index in [1.165, 1.54) is 34.0 Å². The second-order valence-corrected chi connectivity index (χ2v) is 8.25. The van der Waals surface area contributed by atoms with Gasteiger partial charge in [0.05, 0.1) is 6.61 Å². The number of hydrogen-bond acceptors (Lipinski definition) is 6. The molecule has 124 valence electrons. The van der Waals surface area contributed by atoms with E-state index in [0.29, 0.717) is 6.61 Å². The first-order valence-electron chi connectivity index (χ1n) is 8.22. The highest BCUT2D eigenvalue weighted by atomic mass is 32.2. The molecule has 1 aliphatic rings. The summed E-state index contributed by atoms with van der Waals surface area (Å²) in [5.74, 6) is 0.590. The Bertz CT molecular complexity index is 714. The molecule has 2 atom stereocenters. The van der Waals surface area contributed by atoms with Gasteiger partial charge in [-0.25, -0.2) is 9.97 Å². The average molecular weight is 351 g/mol. The topological polar surface area (TPSA) is 52.1 Å². The normalized spacial score (nSPS) is 18.7. The smallest absolute Gasteiger partial charge is 0.319 e. The number of thiophene rings is 1. The van der Waals surface area contributed by atoms with Gasteiger partial charge in [0, 0.05) is 10.3 Å². The van der Waals surface area contributed by atoms with Crippen molar-refractivity contribution in [3.63, 3.8) is 0 Å². The molecule has 2 aromatic heterocycles. The molecular weight excluding hydrogens is 328 g/mol. The Hall–Kier alpha value is -1.14. The highest BCUT2D eigenvalue weighted by molar-refractivity contribution is 8.00. The lowest BCUT2D eigenvalue weighted by molar-refractivity contribution is -0.142. The minimum atomic E-state index is -0.203. The molecule has 0 spiro atoms. The summed E-state index contributed by atoms with van der Waals surface area (Å²) in [7, 11) is 0. The summed E-state index contributed by atoms with van der Waals surface area (Å²) in [5.41, 5.74) is 1.41. The Balaban J connectivity index is 1.96. The molecular formula is C17H22N2O2S2. The van der Waals surface area contributed by atoms with E-state index in [0.717, 1.165) is 35.0 Å². The zero-order valence-corrected chi connectivity index (χ0v) is 15.4. The fourth-order valence-corrected chi connectivity index (χ4v) is 5.46. The molecule has 0 saturated heterocycles. The first kappa shape index (κ1) is 16.7. The zero-order valence-electron chi connectivity index (χ0n) is 13.8. The maximum absolute atomic E-state index is 12.1. The van der Waals surface area contributed by atoms with Gasteiger partial charge < -0.3 is 4.74 Å². The lowest BCUT2D eigenvalue weighted by atomic mass is 9.89. The van der Waals surface area contributed by atoms with Crippen LogP contribution in [-0.2, 0) is 22.4 Å². The van der Waals surface area contributed by atoms with Crippen LogP contribution in [0.25, 0.3) is 10.2 Å². The van der Waals surface area contributed by atoms with Crippen LogP contribution in [0.3, 0.4) is 0 Å². The minimum absolute atomic E-state index is 0.149. The number of esters is 1. The largest absolute Gasteiger partial charge is 0.465 e. The van der Waals surface area contributed by atoms with Crippen molar-refractivity contribution in [1.29, 1.82) is 0 Å². The number of thioether (sulfide) groups is 1. The van der Waals surface area contributed by atoms with Crippen LogP contribution in [0, 0.1) is 5.92 Å². The zero-order chi connectivity index (χ0) is 16.4. The van der Waals surface area contributed by atoms with Gasteiger partial charge in [0.25, 0.3) is 0 Å². The molecule has 0 saturated carbocycles. The summed E-state index contributed by atoms with van der Waals surface area (Å²) in [6, 6.07) is 0. The molecule has 23 heavy (non-hydrogen) atoms. The summed E-state index contributed by atoms with van der Waals surface area (Å²) in [4.78, 5) is 23.6. The molecule has 2 aromatic rings. The van der Waals surface area contributed by atoms with E-state index in [9.17, 15) is 4.79 Å². The number of fused-ring (bicyclic) bond motifs is 3. The summed E-state index contributed by atoms with van der Waals surface area (Å²) in [6.07, 6.45) is 5.79. The number of carbonyl (C=O) groups excluding carboxylic acids is 1. The van der Waals surface area contributed by atoms with Gasteiger partial charge in [-0.3, -0.25) is 4.79 Å². The molecule has 2 heterocycles. The standard InChI is InChI=1S/C17H22N2O2S2/c1-4-12(17(20)21-5-2)22-15-14-11-7-6-10(3)8-13(11)23-16(14)19-9-18-15/h9-10,12H,4-8H2,1-3H3/t10-,12+/m0/s1. The fourth-order valence-electron chi connectivity index (χ4n) is 3.00. The van der Waals surface area contributed by atoms with Crippen LogP contribution in [0.5, 0.6) is 0 Å². The number of nitrogens with zero attached hydrogens (tertiary/aromatic N) is 2. The van der Waals surface area contributed by atoms with E-state index in [1.54, 1.807) is 17.7 Å². The van der Waals surface area contributed by atoms with Gasteiger partial charge in [-0.2, -0.15) is 0 Å². The molecule has 0 N–H and O–H groups in total. The average Bonchev–Trinajstić information content (AvgIpc) is 2.90. The predicted molar refractivity (Wildman–Crippen MR) is 95.2 cm³/mol. The highest BCUT2D eigenvalue weighted by Gasteiger charge is 2.26. The van der Waals surface area contributed by atoms with Gasteiger partial charge in [-0.15, -0.1) is 11.3 Å². The molecule has 6 heteroatoms. The summed E-state index contributed by atoms with van der Waals surface area (Å²) in [6.45, 7) is 6.58. The van der Waals surface area contributed by atoms with Crippen molar-refractivity contribution in [3.8, 4) is 0 Å². The van der Waals surface area contributed by atoms with Crippen molar-refractivity contribution in [2.24, 2.45) is 5.92 Å². The van der Waals surface area contributed by atoms with Crippen LogP contribution in [0.4, 0.5) is 0 Å². The third kappa shape index (κ3) is 3.38. The summed E-state index contributed by atoms with van der Waals surface area (Å²) in [5, 5.41) is 1.90. The number of ether oxygens (including phenoxy) is 1. The van der Waals surface area contributed by atoms with Crippen LogP contribution in [-0.4, -0.2) is 27.8 Å². The first-order valence-corrected chi connectivity index (χ1v) is 9.92. The Morgan fingerprint density at radius 1 is 1.48 bits per heavy atom. The van der Waals surface area contributed by atoms with Gasteiger partial charge in [0.15, 0.2) is 0 Å². The molecule has 0 radical (unpaired) electrons. The van der Waals surface area contributed by atoms with Crippen molar-refractivity contribution < 1.29 is 9.53 Å². The molecule has 4 nitrogen and oxygen atoms in total. The van der Waals surface area contributed by atoms with Gasteiger partial charge in [0.1, 0.15) is 21.4 Å². The van der Waals surface area contributed by atoms with Crippen molar-refractivity contribution in [1.82, 2.24) is 9.97 Å². The molecule has 0 fully saturated rings. The van der Waals surface area contributed by atoms with Crippen LogP contribution in [0.1, 0.15) is 44.1 Å². The Morgan fingerprint density at radius 3 is 3.04 bits per heavy atom. The van der Waals surface area contributed by atoms with Gasteiger partial charge in [-0.1, -0.05) is 25.6 Å². The fraction of sp³-hybridized carbons (Fsp3) is 0.588. The van der Waals surface area contributed by atoms with E-state index >= 15 is 0 Å². The van der Waals surface area contributed by atoms with Crippen LogP contribution >= 0.6 is 23.1 Å². The minimum Gasteiger partial charge on any atom is -0.465 e. The maximum Gasteiger partial charge on any atom is 0.319 e. The van der Waals surface area contributed by atoms with Crippen molar-refractivity contribution in [2.45, 2.75) is 56.7 Å². The Morgan fingerprint density at radius 2 is 2.30 bits per heavy atom. The number of carbonyl (C=O) groups is 1.